The maximum absolute atomic E-state index is 13.5. The van der Waals surface area contributed by atoms with Gasteiger partial charge in [0.25, 0.3) is 5.91 Å². The molecule has 2 heterocycles. The highest BCUT2D eigenvalue weighted by atomic mass is 35.5. The van der Waals surface area contributed by atoms with Crippen molar-refractivity contribution >= 4 is 52.3 Å². The summed E-state index contributed by atoms with van der Waals surface area (Å²) in [6.45, 7) is 7.42. The Morgan fingerprint density at radius 3 is 1.97 bits per heavy atom. The van der Waals surface area contributed by atoms with Crippen LogP contribution >= 0.6 is 34.8 Å². The van der Waals surface area contributed by atoms with Gasteiger partial charge in [0, 0.05) is 56.0 Å². The molecule has 0 bridgehead atoms. The number of nitrogens with zero attached hydrogens (tertiary/aromatic N) is 3. The van der Waals surface area contributed by atoms with E-state index < -0.39 is 5.41 Å². The van der Waals surface area contributed by atoms with Crippen LogP contribution in [0.1, 0.15) is 55.5 Å². The van der Waals surface area contributed by atoms with E-state index in [-0.39, 0.29) is 11.8 Å². The van der Waals surface area contributed by atoms with E-state index in [1.807, 2.05) is 43.0 Å². The minimum atomic E-state index is -0.701. The molecule has 0 atom stereocenters. The van der Waals surface area contributed by atoms with Gasteiger partial charge in [-0.2, -0.15) is 0 Å². The van der Waals surface area contributed by atoms with Crippen molar-refractivity contribution in [1.82, 2.24) is 9.80 Å². The first-order chi connectivity index (χ1) is 17.5. The lowest BCUT2D eigenvalue weighted by atomic mass is 9.77. The topological polar surface area (TPSA) is 43.9 Å². The van der Waals surface area contributed by atoms with Crippen molar-refractivity contribution < 1.29 is 9.59 Å². The molecule has 4 rings (SSSR count). The van der Waals surface area contributed by atoms with Crippen LogP contribution in [0.5, 0.6) is 0 Å². The Morgan fingerprint density at radius 1 is 0.838 bits per heavy atom. The Morgan fingerprint density at radius 2 is 1.43 bits per heavy atom. The van der Waals surface area contributed by atoms with Crippen molar-refractivity contribution in [1.29, 1.82) is 0 Å². The summed E-state index contributed by atoms with van der Waals surface area (Å²) in [4.78, 5) is 31.7. The van der Waals surface area contributed by atoms with Gasteiger partial charge in [-0.15, -0.1) is 0 Å². The van der Waals surface area contributed by atoms with E-state index >= 15 is 0 Å². The number of piperidine rings is 2. The molecule has 0 N–H and O–H groups in total. The van der Waals surface area contributed by atoms with E-state index in [1.54, 1.807) is 31.1 Å². The summed E-state index contributed by atoms with van der Waals surface area (Å²) in [5, 5.41) is 1.61. The normalized spacial score (nSPS) is 17.7. The predicted molar refractivity (Wildman–Crippen MR) is 153 cm³/mol. The van der Waals surface area contributed by atoms with Crippen molar-refractivity contribution in [2.75, 3.05) is 45.2 Å². The van der Waals surface area contributed by atoms with Crippen LogP contribution in [-0.4, -0.2) is 61.9 Å². The fraction of sp³-hybridized carbons (Fsp3) is 0.517. The van der Waals surface area contributed by atoms with Crippen LogP contribution in [0.25, 0.3) is 0 Å². The SMILES string of the molecule is CN(C)C(=O)c1ccc(N2CCC(C3CCN(C(=O)C(C)(C)c4ccc(Cl)cc4Cl)CC3)CC2)cc1Cl. The first-order valence-electron chi connectivity index (χ1n) is 13.0. The molecule has 0 radical (unpaired) electrons. The number of halogens is 3. The zero-order chi connectivity index (χ0) is 26.9. The van der Waals surface area contributed by atoms with Gasteiger partial charge in [0.2, 0.25) is 5.91 Å². The molecule has 2 aromatic rings. The molecule has 2 fully saturated rings. The van der Waals surface area contributed by atoms with Gasteiger partial charge in [0.15, 0.2) is 0 Å². The molecule has 2 amide bonds. The zero-order valence-corrected chi connectivity index (χ0v) is 24.3. The second-order valence-electron chi connectivity index (χ2n) is 11.1. The van der Waals surface area contributed by atoms with Crippen LogP contribution in [0.4, 0.5) is 5.69 Å². The summed E-state index contributed by atoms with van der Waals surface area (Å²) in [6, 6.07) is 11.1. The third kappa shape index (κ3) is 6.05. The van der Waals surface area contributed by atoms with Crippen LogP contribution in [0.2, 0.25) is 15.1 Å². The number of carbonyl (C=O) groups is 2. The van der Waals surface area contributed by atoms with Gasteiger partial charge in [-0.3, -0.25) is 9.59 Å². The second-order valence-corrected chi connectivity index (χ2v) is 12.3. The average Bonchev–Trinajstić information content (AvgIpc) is 2.87. The standard InChI is InChI=1S/C29H36Cl3N3O2/c1-29(2,24-8-5-21(30)17-26(24)32)28(37)35-15-11-20(12-16-35)19-9-13-34(14-10-19)22-6-7-23(25(31)18-22)27(36)33(3)4/h5-8,17-20H,9-16H2,1-4H3. The van der Waals surface area contributed by atoms with Crippen LogP contribution in [0.15, 0.2) is 36.4 Å². The fourth-order valence-corrected chi connectivity index (χ4v) is 6.73. The summed E-state index contributed by atoms with van der Waals surface area (Å²) in [5.74, 6) is 1.34. The first kappa shape index (κ1) is 28.1. The molecular formula is C29H36Cl3N3O2. The van der Waals surface area contributed by atoms with E-state index in [0.29, 0.717) is 32.5 Å². The summed E-state index contributed by atoms with van der Waals surface area (Å²) in [7, 11) is 3.46. The Labute approximate surface area is 235 Å². The molecule has 0 unspecified atom stereocenters. The lowest BCUT2D eigenvalue weighted by Crippen LogP contribution is -2.48. The molecule has 2 saturated heterocycles. The lowest BCUT2D eigenvalue weighted by Gasteiger charge is -2.42. The van der Waals surface area contributed by atoms with Gasteiger partial charge in [0.05, 0.1) is 16.0 Å². The second kappa shape index (κ2) is 11.4. The number of carbonyl (C=O) groups excluding carboxylic acids is 2. The lowest BCUT2D eigenvalue weighted by molar-refractivity contribution is -0.138. The van der Waals surface area contributed by atoms with E-state index in [4.69, 9.17) is 34.8 Å². The number of likely N-dealkylation sites (tertiary alicyclic amines) is 1. The van der Waals surface area contributed by atoms with Gasteiger partial charge in [-0.05, 0) is 87.3 Å². The minimum absolute atomic E-state index is 0.0836. The summed E-state index contributed by atoms with van der Waals surface area (Å²) >= 11 is 18.9. The number of hydrogen-bond donors (Lipinski definition) is 0. The zero-order valence-electron chi connectivity index (χ0n) is 22.1. The van der Waals surface area contributed by atoms with Gasteiger partial charge in [-0.25, -0.2) is 0 Å². The number of hydrogen-bond acceptors (Lipinski definition) is 3. The highest BCUT2D eigenvalue weighted by Gasteiger charge is 2.38. The Bertz CT molecular complexity index is 1150. The Kier molecular flexibility index (Phi) is 8.67. The van der Waals surface area contributed by atoms with E-state index in [9.17, 15) is 9.59 Å². The highest BCUT2D eigenvalue weighted by molar-refractivity contribution is 6.35. The Hall–Kier alpha value is -1.95. The van der Waals surface area contributed by atoms with Crippen molar-refractivity contribution in [2.45, 2.75) is 44.9 Å². The largest absolute Gasteiger partial charge is 0.371 e. The van der Waals surface area contributed by atoms with Gasteiger partial charge in [0.1, 0.15) is 0 Å². The summed E-state index contributed by atoms with van der Waals surface area (Å²) < 4.78 is 0. The molecule has 2 aliphatic heterocycles. The van der Waals surface area contributed by atoms with E-state index in [0.717, 1.165) is 63.1 Å². The van der Waals surface area contributed by atoms with Crippen LogP contribution < -0.4 is 4.90 Å². The molecule has 37 heavy (non-hydrogen) atoms. The average molecular weight is 565 g/mol. The van der Waals surface area contributed by atoms with Crippen molar-refractivity contribution in [3.05, 3.63) is 62.6 Å². The third-order valence-electron chi connectivity index (χ3n) is 8.13. The fourth-order valence-electron chi connectivity index (χ4n) is 5.82. The molecule has 2 aliphatic rings. The molecule has 0 aliphatic carbocycles. The summed E-state index contributed by atoms with van der Waals surface area (Å²) in [5.41, 5.74) is 1.72. The van der Waals surface area contributed by atoms with E-state index in [2.05, 4.69) is 4.90 Å². The number of anilines is 1. The van der Waals surface area contributed by atoms with Gasteiger partial charge in [-0.1, -0.05) is 40.9 Å². The molecule has 0 aromatic heterocycles. The molecular weight excluding hydrogens is 529 g/mol. The smallest absolute Gasteiger partial charge is 0.254 e. The number of benzene rings is 2. The van der Waals surface area contributed by atoms with Crippen LogP contribution in [0, 0.1) is 11.8 Å². The highest BCUT2D eigenvalue weighted by Crippen LogP contribution is 2.38. The minimum Gasteiger partial charge on any atom is -0.371 e. The molecule has 200 valence electrons. The maximum atomic E-state index is 13.5. The molecule has 0 saturated carbocycles. The number of amides is 2. The maximum Gasteiger partial charge on any atom is 0.254 e. The van der Waals surface area contributed by atoms with Crippen LogP contribution in [-0.2, 0) is 10.2 Å². The Balaban J connectivity index is 1.31. The molecule has 0 spiro atoms. The van der Waals surface area contributed by atoms with Crippen LogP contribution in [0.3, 0.4) is 0 Å². The third-order valence-corrected chi connectivity index (χ3v) is 8.99. The predicted octanol–water partition coefficient (Wildman–Crippen LogP) is 6.78. The summed E-state index contributed by atoms with van der Waals surface area (Å²) in [6.07, 6.45) is 4.32. The first-order valence-corrected chi connectivity index (χ1v) is 14.1. The van der Waals surface area contributed by atoms with Crippen molar-refractivity contribution in [3.8, 4) is 0 Å². The van der Waals surface area contributed by atoms with Gasteiger partial charge >= 0.3 is 0 Å². The van der Waals surface area contributed by atoms with Crippen molar-refractivity contribution in [3.63, 3.8) is 0 Å². The van der Waals surface area contributed by atoms with E-state index in [1.165, 1.54) is 0 Å². The monoisotopic (exact) mass is 563 g/mol. The molecule has 5 nitrogen and oxygen atoms in total. The number of rotatable bonds is 5. The quantitative estimate of drug-likeness (QED) is 0.402. The molecule has 2 aromatic carbocycles. The molecule has 8 heteroatoms. The van der Waals surface area contributed by atoms with Gasteiger partial charge < -0.3 is 14.7 Å². The van der Waals surface area contributed by atoms with Crippen molar-refractivity contribution in [2.24, 2.45) is 11.8 Å².